The van der Waals surface area contributed by atoms with Crippen molar-refractivity contribution in [2.24, 2.45) is 0 Å². The molecule has 0 fully saturated rings. The Balaban J connectivity index is 0. The van der Waals surface area contributed by atoms with Gasteiger partial charge in [-0.25, -0.2) is 0 Å². The quantitative estimate of drug-likeness (QED) is 0.281. The van der Waals surface area contributed by atoms with E-state index < -0.39 is 37.6 Å². The van der Waals surface area contributed by atoms with Crippen molar-refractivity contribution in [3.05, 3.63) is 0 Å². The van der Waals surface area contributed by atoms with Crippen LogP contribution in [0, 0.1) is 0 Å². The maximum absolute atomic E-state index is 8.96. The first-order valence-electron chi connectivity index (χ1n) is 3.48. The predicted molar refractivity (Wildman–Crippen MR) is 44.9 cm³/mol. The van der Waals surface area contributed by atoms with Crippen LogP contribution in [-0.4, -0.2) is 68.3 Å². The number of rotatable bonds is 5. The van der Waals surface area contributed by atoms with Crippen molar-refractivity contribution in [1.29, 1.82) is 0 Å². The molecule has 0 aromatic carbocycles. The molecule has 0 spiro atoms. The van der Waals surface area contributed by atoms with Crippen LogP contribution >= 0.6 is 0 Å². The summed E-state index contributed by atoms with van der Waals surface area (Å²) < 4.78 is 0. The summed E-state index contributed by atoms with van der Waals surface area (Å²) in [7, 11) is 0. The van der Waals surface area contributed by atoms with Gasteiger partial charge in [0.15, 0.2) is 0 Å². The molecule has 0 aliphatic carbocycles. The molecule has 0 aliphatic heterocycles. The van der Waals surface area contributed by atoms with E-state index in [1.165, 1.54) is 0 Å². The summed E-state index contributed by atoms with van der Waals surface area (Å²) >= 11 is 0. The Morgan fingerprint density at radius 3 is 1.08 bits per heavy atom. The Hall–Kier alpha value is -0.240. The van der Waals surface area contributed by atoms with Crippen LogP contribution in [0.15, 0.2) is 0 Å². The summed E-state index contributed by atoms with van der Waals surface area (Å²) in [5, 5.41) is 52.2. The van der Waals surface area contributed by atoms with Crippen molar-refractivity contribution in [2.45, 2.75) is 31.8 Å². The van der Waals surface area contributed by atoms with Crippen LogP contribution in [0.25, 0.3) is 0 Å². The zero-order valence-electron chi connectivity index (χ0n) is 6.41. The Morgan fingerprint density at radius 2 is 0.923 bits per heavy atom. The first kappa shape index (κ1) is 15.2. The van der Waals surface area contributed by atoms with Crippen LogP contribution in [0.5, 0.6) is 0 Å². The predicted octanol–water partition coefficient (Wildman–Crippen LogP) is -2.95. The summed E-state index contributed by atoms with van der Waals surface area (Å²) in [5.74, 6) is 0. The second kappa shape index (κ2) is 7.19. The van der Waals surface area contributed by atoms with Crippen LogP contribution in [0.2, 0.25) is 0 Å². The van der Waals surface area contributed by atoms with Gasteiger partial charge in [0.2, 0.25) is 0 Å². The van der Waals surface area contributed by atoms with Gasteiger partial charge in [-0.3, -0.25) is 0 Å². The lowest BCUT2D eigenvalue weighted by Gasteiger charge is -2.24. The van der Waals surface area contributed by atoms with Gasteiger partial charge in [-0.05, 0) is 0 Å². The van der Waals surface area contributed by atoms with Crippen LogP contribution in [0.4, 0.5) is 0 Å². The fraction of sp³-hybridized carbons (Fsp3) is 1.00. The lowest BCUT2D eigenvalue weighted by atomic mass is 10.0. The Kier molecular flexibility index (Phi) is 8.43. The maximum atomic E-state index is 8.96. The highest BCUT2D eigenvalue weighted by molar-refractivity contribution is 4.79. The second-order valence-electron chi connectivity index (χ2n) is 2.48. The van der Waals surface area contributed by atoms with Gasteiger partial charge in [-0.2, -0.15) is 0 Å². The molecule has 0 aromatic heterocycles. The van der Waals surface area contributed by atoms with E-state index in [1.807, 2.05) is 0 Å². The largest absolute Gasteiger partial charge is 0.394 e. The molecule has 0 bridgehead atoms. The maximum Gasteiger partial charge on any atom is 0.111 e. The van der Waals surface area contributed by atoms with Gasteiger partial charge >= 0.3 is 0 Å². The first-order valence-corrected chi connectivity index (χ1v) is 3.48. The molecule has 0 aromatic rings. The van der Waals surface area contributed by atoms with E-state index in [0.29, 0.717) is 0 Å². The van der Waals surface area contributed by atoms with Gasteiger partial charge in [-0.1, -0.05) is 7.43 Å². The lowest BCUT2D eigenvalue weighted by molar-refractivity contribution is -0.123. The standard InChI is InChI=1S/C6H14O6.CH4/c7-1-3(9)5(11)6(12)4(10)2-8;/h3-12H,1-2H2;1H4/t3-,4-,5-,6-;/m1./s1. The van der Waals surface area contributed by atoms with Gasteiger partial charge in [0.25, 0.3) is 0 Å². The molecule has 13 heavy (non-hydrogen) atoms. The summed E-state index contributed by atoms with van der Waals surface area (Å²) in [4.78, 5) is 0. The molecule has 6 heteroatoms. The van der Waals surface area contributed by atoms with E-state index in [2.05, 4.69) is 0 Å². The molecule has 0 aliphatic rings. The van der Waals surface area contributed by atoms with Gasteiger partial charge in [-0.15, -0.1) is 0 Å². The lowest BCUT2D eigenvalue weighted by Crippen LogP contribution is -2.46. The van der Waals surface area contributed by atoms with Crippen molar-refractivity contribution in [1.82, 2.24) is 0 Å². The van der Waals surface area contributed by atoms with E-state index >= 15 is 0 Å². The molecule has 4 atom stereocenters. The van der Waals surface area contributed by atoms with Crippen molar-refractivity contribution >= 4 is 0 Å². The monoisotopic (exact) mass is 198 g/mol. The fourth-order valence-electron chi connectivity index (χ4n) is 0.671. The van der Waals surface area contributed by atoms with E-state index in [4.69, 9.17) is 30.6 Å². The van der Waals surface area contributed by atoms with Crippen LogP contribution in [0.1, 0.15) is 7.43 Å². The summed E-state index contributed by atoms with van der Waals surface area (Å²) in [6, 6.07) is 0. The third kappa shape index (κ3) is 4.51. The molecule has 0 saturated carbocycles. The number of hydrogen-bond acceptors (Lipinski definition) is 6. The highest BCUT2D eigenvalue weighted by Crippen LogP contribution is 2.03. The Labute approximate surface area is 76.7 Å². The zero-order chi connectivity index (χ0) is 9.72. The molecule has 6 N–H and O–H groups in total. The minimum absolute atomic E-state index is 0. The average Bonchev–Trinajstić information content (AvgIpc) is 2.12. The normalized spacial score (nSPS) is 19.8. The molecular formula is C7H18O6. The molecule has 0 heterocycles. The molecular weight excluding hydrogens is 180 g/mol. The number of aliphatic hydroxyl groups is 6. The van der Waals surface area contributed by atoms with E-state index in [0.717, 1.165) is 0 Å². The fourth-order valence-corrected chi connectivity index (χ4v) is 0.671. The van der Waals surface area contributed by atoms with Gasteiger partial charge in [0, 0.05) is 0 Å². The van der Waals surface area contributed by atoms with Crippen molar-refractivity contribution in [3.63, 3.8) is 0 Å². The van der Waals surface area contributed by atoms with Crippen LogP contribution in [0.3, 0.4) is 0 Å². The van der Waals surface area contributed by atoms with Crippen LogP contribution in [-0.2, 0) is 0 Å². The average molecular weight is 198 g/mol. The van der Waals surface area contributed by atoms with E-state index in [-0.39, 0.29) is 7.43 Å². The highest BCUT2D eigenvalue weighted by atomic mass is 16.4. The Bertz CT molecular complexity index is 106. The van der Waals surface area contributed by atoms with Gasteiger partial charge in [0.1, 0.15) is 24.4 Å². The van der Waals surface area contributed by atoms with Crippen LogP contribution < -0.4 is 0 Å². The zero-order valence-corrected chi connectivity index (χ0v) is 6.41. The second-order valence-corrected chi connectivity index (χ2v) is 2.48. The molecule has 82 valence electrons. The Morgan fingerprint density at radius 1 is 0.692 bits per heavy atom. The molecule has 6 nitrogen and oxygen atoms in total. The molecule has 0 rings (SSSR count). The highest BCUT2D eigenvalue weighted by Gasteiger charge is 2.29. The van der Waals surface area contributed by atoms with Crippen molar-refractivity contribution < 1.29 is 30.6 Å². The minimum atomic E-state index is -1.67. The summed E-state index contributed by atoms with van der Waals surface area (Å²) in [5.41, 5.74) is 0. The first-order chi connectivity index (χ1) is 5.54. The third-order valence-corrected chi connectivity index (χ3v) is 1.51. The van der Waals surface area contributed by atoms with Gasteiger partial charge in [0.05, 0.1) is 13.2 Å². The molecule has 0 unspecified atom stereocenters. The van der Waals surface area contributed by atoms with E-state index in [9.17, 15) is 0 Å². The smallest absolute Gasteiger partial charge is 0.111 e. The summed E-state index contributed by atoms with van der Waals surface area (Å²) in [6.45, 7) is -1.45. The van der Waals surface area contributed by atoms with Gasteiger partial charge < -0.3 is 30.6 Å². The third-order valence-electron chi connectivity index (χ3n) is 1.51. The molecule has 0 radical (unpaired) electrons. The molecule has 0 saturated heterocycles. The summed E-state index contributed by atoms with van der Waals surface area (Å²) in [6.07, 6.45) is -6.39. The van der Waals surface area contributed by atoms with Crippen molar-refractivity contribution in [3.8, 4) is 0 Å². The molecule has 0 amide bonds. The van der Waals surface area contributed by atoms with Crippen molar-refractivity contribution in [2.75, 3.05) is 13.2 Å². The topological polar surface area (TPSA) is 121 Å². The van der Waals surface area contributed by atoms with E-state index in [1.54, 1.807) is 0 Å². The minimum Gasteiger partial charge on any atom is -0.394 e. The number of hydrogen-bond donors (Lipinski definition) is 6. The number of aliphatic hydroxyl groups excluding tert-OH is 6. The SMILES string of the molecule is C.OC[C@@H](O)[C@@H](O)[C@H](O)[C@H](O)CO.